The van der Waals surface area contributed by atoms with Gasteiger partial charge in [-0.05, 0) is 12.1 Å². The third kappa shape index (κ3) is 4.95. The predicted octanol–water partition coefficient (Wildman–Crippen LogP) is 4.96. The fourth-order valence-electron chi connectivity index (χ4n) is 1.69. The third-order valence-electron chi connectivity index (χ3n) is 2.69. The molecule has 128 valence electrons. The van der Waals surface area contributed by atoms with Crippen LogP contribution in [0.4, 0.5) is 26.3 Å². The molecule has 0 aliphatic rings. The Balaban J connectivity index is 2.11. The van der Waals surface area contributed by atoms with Gasteiger partial charge in [0, 0.05) is 20.5 Å². The maximum atomic E-state index is 12.4. The zero-order valence-corrected chi connectivity index (χ0v) is 13.5. The molecule has 0 aliphatic carbocycles. The summed E-state index contributed by atoms with van der Waals surface area (Å²) < 4.78 is 98.6. The van der Waals surface area contributed by atoms with E-state index >= 15 is 0 Å². The summed E-state index contributed by atoms with van der Waals surface area (Å²) in [6.07, 6.45) is -9.12. The van der Waals surface area contributed by atoms with E-state index in [1.165, 1.54) is 0 Å². The molecule has 0 N–H and O–H groups in total. The Labute approximate surface area is 135 Å². The van der Waals surface area contributed by atoms with Gasteiger partial charge >= 0.3 is 12.4 Å². The molecule has 0 saturated heterocycles. The van der Waals surface area contributed by atoms with Crippen LogP contribution in [0.25, 0.3) is 0 Å². The van der Waals surface area contributed by atoms with Crippen molar-refractivity contribution < 1.29 is 34.8 Å². The maximum Gasteiger partial charge on any atom is 0.417 e. The Bertz CT molecular complexity index is 722. The van der Waals surface area contributed by atoms with Crippen LogP contribution in [0.2, 0.25) is 0 Å². The molecule has 0 amide bonds. The Morgan fingerprint density at radius 3 is 1.39 bits per heavy atom. The quantitative estimate of drug-likeness (QED) is 0.687. The SMILES string of the molecule is O=S(=O)(Cc1cc(C(F)(F)F)cs1)Cc1cc(C(F)(F)F)cs1. The van der Waals surface area contributed by atoms with Gasteiger partial charge in [0.05, 0.1) is 22.6 Å². The minimum Gasteiger partial charge on any atom is -0.228 e. The minimum absolute atomic E-state index is 0.00933. The lowest BCUT2D eigenvalue weighted by atomic mass is 10.3. The zero-order valence-electron chi connectivity index (χ0n) is 11.0. The lowest BCUT2D eigenvalue weighted by Gasteiger charge is -2.03. The molecule has 2 aromatic rings. The molecular formula is C12H8F6O2S3. The summed E-state index contributed by atoms with van der Waals surface area (Å²) in [6, 6.07) is 1.47. The fourth-order valence-corrected chi connectivity index (χ4v) is 5.80. The largest absolute Gasteiger partial charge is 0.417 e. The highest BCUT2D eigenvalue weighted by atomic mass is 32.2. The van der Waals surface area contributed by atoms with E-state index in [0.717, 1.165) is 22.9 Å². The van der Waals surface area contributed by atoms with Gasteiger partial charge in [-0.1, -0.05) is 0 Å². The Hall–Kier alpha value is -1.07. The van der Waals surface area contributed by atoms with Crippen molar-refractivity contribution in [2.45, 2.75) is 23.9 Å². The first-order valence-corrected chi connectivity index (χ1v) is 9.44. The van der Waals surface area contributed by atoms with E-state index in [9.17, 15) is 34.8 Å². The van der Waals surface area contributed by atoms with Gasteiger partial charge in [0.1, 0.15) is 0 Å². The Morgan fingerprint density at radius 2 is 1.13 bits per heavy atom. The topological polar surface area (TPSA) is 34.1 Å². The molecular weight excluding hydrogens is 386 g/mol. The van der Waals surface area contributed by atoms with Crippen LogP contribution in [0.3, 0.4) is 0 Å². The summed E-state index contributed by atoms with van der Waals surface area (Å²) in [6.45, 7) is 0. The molecule has 0 spiro atoms. The first kappa shape index (κ1) is 18.3. The normalized spacial score (nSPS) is 13.5. The van der Waals surface area contributed by atoms with Crippen molar-refractivity contribution in [3.05, 3.63) is 43.8 Å². The lowest BCUT2D eigenvalue weighted by Crippen LogP contribution is -2.07. The van der Waals surface area contributed by atoms with E-state index in [2.05, 4.69) is 0 Å². The molecule has 0 saturated carbocycles. The van der Waals surface area contributed by atoms with Crippen molar-refractivity contribution in [2.75, 3.05) is 0 Å². The van der Waals surface area contributed by atoms with Crippen LogP contribution in [0.5, 0.6) is 0 Å². The molecule has 0 atom stereocenters. The van der Waals surface area contributed by atoms with E-state index in [1.807, 2.05) is 0 Å². The van der Waals surface area contributed by atoms with E-state index in [0.29, 0.717) is 22.7 Å². The third-order valence-corrected chi connectivity index (χ3v) is 6.43. The fraction of sp³-hybridized carbons (Fsp3) is 0.333. The molecule has 2 rings (SSSR count). The highest BCUT2D eigenvalue weighted by Crippen LogP contribution is 2.35. The molecule has 2 aromatic heterocycles. The standard InChI is InChI=1S/C12H8F6O2S3/c13-11(14,15)7-1-9(21-3-7)5-23(19,20)6-10-2-8(4-22-10)12(16,17)18/h1-4H,5-6H2. The second kappa shape index (κ2) is 6.10. The smallest absolute Gasteiger partial charge is 0.228 e. The van der Waals surface area contributed by atoms with Gasteiger partial charge in [-0.15, -0.1) is 22.7 Å². The molecule has 0 bridgehead atoms. The summed E-state index contributed by atoms with van der Waals surface area (Å²) in [5.41, 5.74) is -1.88. The van der Waals surface area contributed by atoms with Crippen molar-refractivity contribution in [1.29, 1.82) is 0 Å². The highest BCUT2D eigenvalue weighted by Gasteiger charge is 2.33. The lowest BCUT2D eigenvalue weighted by molar-refractivity contribution is -0.138. The Kier molecular flexibility index (Phi) is 4.84. The van der Waals surface area contributed by atoms with Crippen LogP contribution in [0.1, 0.15) is 20.9 Å². The van der Waals surface area contributed by atoms with Gasteiger partial charge in [-0.2, -0.15) is 26.3 Å². The van der Waals surface area contributed by atoms with Crippen molar-refractivity contribution >= 4 is 32.5 Å². The van der Waals surface area contributed by atoms with Gasteiger partial charge < -0.3 is 0 Å². The van der Waals surface area contributed by atoms with Crippen LogP contribution < -0.4 is 0 Å². The van der Waals surface area contributed by atoms with E-state index in [4.69, 9.17) is 0 Å². The van der Waals surface area contributed by atoms with Crippen LogP contribution in [-0.2, 0) is 33.7 Å². The summed E-state index contributed by atoms with van der Waals surface area (Å²) in [5, 5.41) is 1.61. The molecule has 0 unspecified atom stereocenters. The van der Waals surface area contributed by atoms with Gasteiger partial charge in [-0.25, -0.2) is 8.42 Å². The van der Waals surface area contributed by atoms with Crippen LogP contribution >= 0.6 is 22.7 Å². The second-order valence-electron chi connectivity index (χ2n) is 4.63. The number of sulfone groups is 1. The number of rotatable bonds is 4. The van der Waals surface area contributed by atoms with Crippen molar-refractivity contribution in [3.8, 4) is 0 Å². The van der Waals surface area contributed by atoms with Crippen molar-refractivity contribution in [3.63, 3.8) is 0 Å². The van der Waals surface area contributed by atoms with Crippen LogP contribution in [0, 0.1) is 0 Å². The van der Waals surface area contributed by atoms with Gasteiger partial charge in [0.25, 0.3) is 0 Å². The summed E-state index contributed by atoms with van der Waals surface area (Å²) >= 11 is 1.30. The first-order valence-electron chi connectivity index (χ1n) is 5.86. The number of halogens is 6. The van der Waals surface area contributed by atoms with E-state index in [-0.39, 0.29) is 9.75 Å². The molecule has 23 heavy (non-hydrogen) atoms. The van der Waals surface area contributed by atoms with Gasteiger partial charge in [-0.3, -0.25) is 0 Å². The molecule has 0 fully saturated rings. The maximum absolute atomic E-state index is 12.4. The number of hydrogen-bond acceptors (Lipinski definition) is 4. The van der Waals surface area contributed by atoms with Gasteiger partial charge in [0.2, 0.25) is 0 Å². The molecule has 2 nitrogen and oxygen atoms in total. The van der Waals surface area contributed by atoms with Crippen molar-refractivity contribution in [1.82, 2.24) is 0 Å². The molecule has 0 aromatic carbocycles. The number of thiophene rings is 2. The second-order valence-corrected chi connectivity index (χ2v) is 8.69. The predicted molar refractivity (Wildman–Crippen MR) is 75.0 cm³/mol. The molecule has 0 aliphatic heterocycles. The summed E-state index contributed by atoms with van der Waals surface area (Å²) in [4.78, 5) is -0.0187. The van der Waals surface area contributed by atoms with E-state index < -0.39 is 44.8 Å². The van der Waals surface area contributed by atoms with Crippen LogP contribution in [-0.4, -0.2) is 8.42 Å². The zero-order chi connectivity index (χ0) is 17.5. The molecule has 11 heteroatoms. The first-order chi connectivity index (χ1) is 10.4. The average molecular weight is 394 g/mol. The average Bonchev–Trinajstić information content (AvgIpc) is 2.95. The van der Waals surface area contributed by atoms with Crippen LogP contribution in [0.15, 0.2) is 22.9 Å². The van der Waals surface area contributed by atoms with Gasteiger partial charge in [0.15, 0.2) is 9.84 Å². The summed E-state index contributed by atoms with van der Waals surface area (Å²) in [7, 11) is -3.87. The molecule has 2 heterocycles. The molecule has 0 radical (unpaired) electrons. The van der Waals surface area contributed by atoms with Crippen molar-refractivity contribution in [2.24, 2.45) is 0 Å². The van der Waals surface area contributed by atoms with E-state index in [1.54, 1.807) is 0 Å². The minimum atomic E-state index is -4.56. The number of hydrogen-bond donors (Lipinski definition) is 0. The highest BCUT2D eigenvalue weighted by molar-refractivity contribution is 7.90. The summed E-state index contributed by atoms with van der Waals surface area (Å²) in [5.74, 6) is -1.29. The Morgan fingerprint density at radius 1 is 0.783 bits per heavy atom. The monoisotopic (exact) mass is 394 g/mol. The number of alkyl halides is 6.